The average molecular weight is 213 g/mol. The van der Waals surface area contributed by atoms with E-state index in [9.17, 15) is 0 Å². The highest BCUT2D eigenvalue weighted by atomic mass is 16.3. The van der Waals surface area contributed by atoms with E-state index in [-0.39, 0.29) is 0 Å². The first kappa shape index (κ1) is 9.03. The number of aromatic nitrogens is 2. The molecule has 1 aromatic carbocycles. The Labute approximate surface area is 92.1 Å². The summed E-state index contributed by atoms with van der Waals surface area (Å²) in [6, 6.07) is 9.74. The number of H-pyrrole nitrogens is 1. The van der Waals surface area contributed by atoms with Gasteiger partial charge in [0.15, 0.2) is 5.76 Å². The number of nitrogens with zero attached hydrogens (tertiary/aromatic N) is 1. The first-order chi connectivity index (χ1) is 7.74. The summed E-state index contributed by atoms with van der Waals surface area (Å²) in [5.74, 6) is 1.22. The highest BCUT2D eigenvalue weighted by Crippen LogP contribution is 2.28. The molecule has 2 aromatic heterocycles. The number of nitrogens with two attached hydrogens (primary N) is 1. The maximum absolute atomic E-state index is 5.72. The van der Waals surface area contributed by atoms with E-state index in [1.807, 2.05) is 18.2 Å². The fourth-order valence-corrected chi connectivity index (χ4v) is 1.80. The molecule has 0 saturated carbocycles. The van der Waals surface area contributed by atoms with E-state index in [1.165, 1.54) is 5.56 Å². The van der Waals surface area contributed by atoms with Crippen LogP contribution in [0.4, 0.5) is 5.82 Å². The molecule has 0 fully saturated rings. The minimum atomic E-state index is 0.465. The van der Waals surface area contributed by atoms with E-state index in [0.29, 0.717) is 5.82 Å². The topological polar surface area (TPSA) is 67.8 Å². The molecule has 0 bridgehead atoms. The maximum Gasteiger partial charge on any atom is 0.153 e. The van der Waals surface area contributed by atoms with Gasteiger partial charge in [0.2, 0.25) is 0 Å². The molecule has 0 atom stereocenters. The zero-order valence-corrected chi connectivity index (χ0v) is 8.82. The second kappa shape index (κ2) is 3.13. The van der Waals surface area contributed by atoms with Crippen molar-refractivity contribution < 1.29 is 4.42 Å². The van der Waals surface area contributed by atoms with E-state index in [0.717, 1.165) is 22.4 Å². The maximum atomic E-state index is 5.72. The Morgan fingerprint density at radius 3 is 2.88 bits per heavy atom. The van der Waals surface area contributed by atoms with Gasteiger partial charge in [-0.3, -0.25) is 5.10 Å². The number of nitrogens with one attached hydrogen (secondary N) is 1. The van der Waals surface area contributed by atoms with Crippen LogP contribution in [0, 0.1) is 6.92 Å². The Kier molecular flexibility index (Phi) is 1.77. The third-order valence-electron chi connectivity index (χ3n) is 2.64. The van der Waals surface area contributed by atoms with Crippen LogP contribution in [-0.2, 0) is 0 Å². The van der Waals surface area contributed by atoms with Gasteiger partial charge in [0, 0.05) is 11.5 Å². The molecule has 3 aromatic rings. The molecule has 3 N–H and O–H groups in total. The van der Waals surface area contributed by atoms with Gasteiger partial charge in [0.25, 0.3) is 0 Å². The third kappa shape index (κ3) is 1.27. The number of anilines is 1. The van der Waals surface area contributed by atoms with Gasteiger partial charge in [-0.1, -0.05) is 12.1 Å². The number of furan rings is 1. The molecule has 3 rings (SSSR count). The highest BCUT2D eigenvalue weighted by molar-refractivity contribution is 5.85. The van der Waals surface area contributed by atoms with Crippen molar-refractivity contribution in [3.8, 4) is 11.5 Å². The van der Waals surface area contributed by atoms with E-state index in [4.69, 9.17) is 10.2 Å². The lowest BCUT2D eigenvalue weighted by Gasteiger charge is -1.90. The van der Waals surface area contributed by atoms with Crippen molar-refractivity contribution in [3.63, 3.8) is 0 Å². The Morgan fingerprint density at radius 2 is 2.19 bits per heavy atom. The predicted octanol–water partition coefficient (Wildman–Crippen LogP) is 2.71. The molecule has 0 unspecified atom stereocenters. The standard InChI is InChI=1S/C12H11N3O/c1-7-3-2-4-10-8(7)5-11(16-10)9-6-12(13)15-14-9/h2-6H,1H3,(H3,13,14,15). The normalized spacial score (nSPS) is 11.1. The van der Waals surface area contributed by atoms with Crippen molar-refractivity contribution in [3.05, 3.63) is 35.9 Å². The summed E-state index contributed by atoms with van der Waals surface area (Å²) in [4.78, 5) is 0. The Bertz CT molecular complexity index is 651. The van der Waals surface area contributed by atoms with Gasteiger partial charge in [-0.15, -0.1) is 0 Å². The Hall–Kier alpha value is -2.23. The fourth-order valence-electron chi connectivity index (χ4n) is 1.80. The summed E-state index contributed by atoms with van der Waals surface area (Å²) in [5, 5.41) is 7.83. The summed E-state index contributed by atoms with van der Waals surface area (Å²) in [6.45, 7) is 2.06. The lowest BCUT2D eigenvalue weighted by molar-refractivity contribution is 0.628. The zero-order valence-electron chi connectivity index (χ0n) is 8.82. The largest absolute Gasteiger partial charge is 0.454 e. The van der Waals surface area contributed by atoms with Crippen LogP contribution < -0.4 is 5.73 Å². The van der Waals surface area contributed by atoms with Gasteiger partial charge in [0.1, 0.15) is 17.1 Å². The quantitative estimate of drug-likeness (QED) is 0.653. The van der Waals surface area contributed by atoms with E-state index >= 15 is 0 Å². The van der Waals surface area contributed by atoms with Crippen LogP contribution in [0.5, 0.6) is 0 Å². The second-order valence-electron chi connectivity index (χ2n) is 3.80. The molecular weight excluding hydrogens is 202 g/mol. The minimum absolute atomic E-state index is 0.465. The molecule has 0 spiro atoms. The summed E-state index contributed by atoms with van der Waals surface area (Å²) in [6.07, 6.45) is 0. The third-order valence-corrected chi connectivity index (χ3v) is 2.64. The lowest BCUT2D eigenvalue weighted by Crippen LogP contribution is -1.81. The number of fused-ring (bicyclic) bond motifs is 1. The second-order valence-corrected chi connectivity index (χ2v) is 3.80. The van der Waals surface area contributed by atoms with Crippen LogP contribution in [0.1, 0.15) is 5.56 Å². The smallest absolute Gasteiger partial charge is 0.153 e. The number of aromatic amines is 1. The zero-order chi connectivity index (χ0) is 11.1. The van der Waals surface area contributed by atoms with Crippen LogP contribution in [0.2, 0.25) is 0 Å². The monoisotopic (exact) mass is 213 g/mol. The molecule has 2 heterocycles. The van der Waals surface area contributed by atoms with Crippen LogP contribution in [0.15, 0.2) is 34.7 Å². The molecule has 4 heteroatoms. The minimum Gasteiger partial charge on any atom is -0.454 e. The van der Waals surface area contributed by atoms with Gasteiger partial charge in [-0.2, -0.15) is 5.10 Å². The van der Waals surface area contributed by atoms with Gasteiger partial charge in [0.05, 0.1) is 0 Å². The lowest BCUT2D eigenvalue weighted by atomic mass is 10.1. The van der Waals surface area contributed by atoms with Crippen molar-refractivity contribution in [2.24, 2.45) is 0 Å². The molecule has 0 saturated heterocycles. The van der Waals surface area contributed by atoms with Gasteiger partial charge in [-0.25, -0.2) is 0 Å². The van der Waals surface area contributed by atoms with Crippen LogP contribution in [-0.4, -0.2) is 10.2 Å². The summed E-state index contributed by atoms with van der Waals surface area (Å²) in [5.41, 5.74) is 8.43. The van der Waals surface area contributed by atoms with Gasteiger partial charge < -0.3 is 10.2 Å². The number of benzene rings is 1. The highest BCUT2D eigenvalue weighted by Gasteiger charge is 2.09. The van der Waals surface area contributed by atoms with E-state index in [2.05, 4.69) is 23.2 Å². The molecule has 0 aliphatic rings. The molecule has 0 aliphatic heterocycles. The van der Waals surface area contributed by atoms with Crippen LogP contribution in [0.3, 0.4) is 0 Å². The van der Waals surface area contributed by atoms with Crippen molar-refractivity contribution in [2.75, 3.05) is 5.73 Å². The van der Waals surface area contributed by atoms with Gasteiger partial charge >= 0.3 is 0 Å². The molecule has 0 aliphatic carbocycles. The molecular formula is C12H11N3O. The summed E-state index contributed by atoms with van der Waals surface area (Å²) >= 11 is 0. The first-order valence-electron chi connectivity index (χ1n) is 5.04. The first-order valence-corrected chi connectivity index (χ1v) is 5.04. The average Bonchev–Trinajstić information content (AvgIpc) is 2.84. The van der Waals surface area contributed by atoms with Crippen molar-refractivity contribution in [2.45, 2.75) is 6.92 Å². The van der Waals surface area contributed by atoms with E-state index < -0.39 is 0 Å². The number of hydrogen-bond donors (Lipinski definition) is 2. The Balaban J connectivity index is 2.22. The molecule has 0 radical (unpaired) electrons. The van der Waals surface area contributed by atoms with Crippen molar-refractivity contribution in [1.29, 1.82) is 0 Å². The molecule has 16 heavy (non-hydrogen) atoms. The predicted molar refractivity (Wildman–Crippen MR) is 62.9 cm³/mol. The molecule has 4 nitrogen and oxygen atoms in total. The summed E-state index contributed by atoms with van der Waals surface area (Å²) in [7, 11) is 0. The number of aryl methyl sites for hydroxylation is 1. The number of rotatable bonds is 1. The molecule has 0 amide bonds. The summed E-state index contributed by atoms with van der Waals surface area (Å²) < 4.78 is 5.72. The SMILES string of the molecule is Cc1cccc2oc(-c3cc(N)n[nH]3)cc12. The van der Waals surface area contributed by atoms with Crippen LogP contribution in [0.25, 0.3) is 22.4 Å². The molecule has 80 valence electrons. The van der Waals surface area contributed by atoms with Crippen molar-refractivity contribution in [1.82, 2.24) is 10.2 Å². The fraction of sp³-hybridized carbons (Fsp3) is 0.0833. The number of hydrogen-bond acceptors (Lipinski definition) is 3. The Morgan fingerprint density at radius 1 is 1.31 bits per heavy atom. The van der Waals surface area contributed by atoms with Crippen molar-refractivity contribution >= 4 is 16.8 Å². The number of nitrogen functional groups attached to an aromatic ring is 1. The van der Waals surface area contributed by atoms with Crippen LogP contribution >= 0.6 is 0 Å². The van der Waals surface area contributed by atoms with Gasteiger partial charge in [-0.05, 0) is 24.6 Å². The van der Waals surface area contributed by atoms with E-state index in [1.54, 1.807) is 6.07 Å².